The van der Waals surface area contributed by atoms with Crippen LogP contribution in [0.15, 0.2) is 0 Å². The van der Waals surface area contributed by atoms with E-state index >= 15 is 0 Å². The van der Waals surface area contributed by atoms with Gasteiger partial charge in [0.15, 0.2) is 5.78 Å². The van der Waals surface area contributed by atoms with Gasteiger partial charge in [-0.2, -0.15) is 0 Å². The molecule has 0 saturated heterocycles. The maximum absolute atomic E-state index is 11.1. The Morgan fingerprint density at radius 2 is 1.20 bits per heavy atom. The third kappa shape index (κ3) is 15.5. The van der Waals surface area contributed by atoms with E-state index in [1.807, 2.05) is 6.92 Å². The molecule has 0 aliphatic heterocycles. The minimum absolute atomic E-state index is 0.143. The average molecular weight is 292 g/mol. The summed E-state index contributed by atoms with van der Waals surface area (Å²) in [6.45, 7) is 6.43. The zero-order valence-electron chi connectivity index (χ0n) is 12.7. The number of carbonyl (C=O) groups is 1. The van der Waals surface area contributed by atoms with Crippen LogP contribution in [0.3, 0.4) is 0 Å². The van der Waals surface area contributed by atoms with Gasteiger partial charge in [-0.15, -0.1) is 0 Å². The molecule has 0 saturated carbocycles. The van der Waals surface area contributed by atoms with Crippen molar-refractivity contribution in [3.05, 3.63) is 0 Å². The van der Waals surface area contributed by atoms with Crippen molar-refractivity contribution >= 4 is 5.78 Å². The van der Waals surface area contributed by atoms with Gasteiger partial charge in [0.25, 0.3) is 0 Å². The number of methoxy groups -OCH3 is 1. The zero-order chi connectivity index (χ0) is 14.9. The largest absolute Gasteiger partial charge is 0.382 e. The Morgan fingerprint density at radius 3 is 1.65 bits per heavy atom. The van der Waals surface area contributed by atoms with Crippen LogP contribution in [0.5, 0.6) is 0 Å². The number of carbonyl (C=O) groups excluding carboxylic acids is 1. The Hall–Kier alpha value is -0.530. The molecule has 0 aromatic heterocycles. The maximum atomic E-state index is 11.1. The summed E-state index contributed by atoms with van der Waals surface area (Å²) < 4.78 is 25.9. The lowest BCUT2D eigenvalue weighted by Gasteiger charge is -2.07. The van der Waals surface area contributed by atoms with E-state index in [1.54, 1.807) is 7.11 Å². The van der Waals surface area contributed by atoms with Gasteiger partial charge in [-0.05, 0) is 6.42 Å². The minimum atomic E-state index is 0.143. The summed E-state index contributed by atoms with van der Waals surface area (Å²) in [4.78, 5) is 11.1. The highest BCUT2D eigenvalue weighted by Gasteiger charge is 1.99. The second-order valence-electron chi connectivity index (χ2n) is 4.17. The smallest absolute Gasteiger partial charge is 0.158 e. The topological polar surface area (TPSA) is 63.2 Å². The molecule has 6 heteroatoms. The predicted octanol–water partition coefficient (Wildman–Crippen LogP) is 1.07. The van der Waals surface area contributed by atoms with Crippen molar-refractivity contribution < 1.29 is 28.5 Å². The number of ether oxygens (including phenoxy) is 5. The molecule has 0 bridgehead atoms. The lowest BCUT2D eigenvalue weighted by atomic mass is 10.2. The number of hydrogen-bond acceptors (Lipinski definition) is 6. The highest BCUT2D eigenvalue weighted by atomic mass is 16.6. The Morgan fingerprint density at radius 1 is 0.750 bits per heavy atom. The fourth-order valence-corrected chi connectivity index (χ4v) is 1.34. The molecule has 0 atom stereocenters. The van der Waals surface area contributed by atoms with Crippen LogP contribution in [0.4, 0.5) is 0 Å². The fraction of sp³-hybridized carbons (Fsp3) is 0.929. The lowest BCUT2D eigenvalue weighted by molar-refractivity contribution is -0.124. The van der Waals surface area contributed by atoms with Crippen molar-refractivity contribution in [1.29, 1.82) is 0 Å². The van der Waals surface area contributed by atoms with Gasteiger partial charge in [0, 0.05) is 13.5 Å². The SMILES string of the molecule is CCCC(=O)COCCOCCOCCOCCOC. The molecule has 0 aromatic rings. The average Bonchev–Trinajstić information content (AvgIpc) is 2.44. The van der Waals surface area contributed by atoms with E-state index in [2.05, 4.69) is 0 Å². The molecule has 120 valence electrons. The van der Waals surface area contributed by atoms with Crippen LogP contribution in [0, 0.1) is 0 Å². The summed E-state index contributed by atoms with van der Waals surface area (Å²) in [5, 5.41) is 0. The van der Waals surface area contributed by atoms with Crippen LogP contribution in [-0.4, -0.2) is 72.4 Å². The summed E-state index contributed by atoms with van der Waals surface area (Å²) in [6, 6.07) is 0. The normalized spacial score (nSPS) is 10.9. The molecule has 0 rings (SSSR count). The van der Waals surface area contributed by atoms with Crippen LogP contribution in [0.1, 0.15) is 19.8 Å². The highest BCUT2D eigenvalue weighted by Crippen LogP contribution is 1.90. The molecule has 0 fully saturated rings. The summed E-state index contributed by atoms with van der Waals surface area (Å²) in [6.07, 6.45) is 1.45. The van der Waals surface area contributed by atoms with Gasteiger partial charge in [-0.3, -0.25) is 4.79 Å². The van der Waals surface area contributed by atoms with Crippen molar-refractivity contribution in [2.75, 3.05) is 66.6 Å². The molecule has 0 spiro atoms. The van der Waals surface area contributed by atoms with Crippen LogP contribution in [0.2, 0.25) is 0 Å². The molecule has 0 aromatic carbocycles. The summed E-state index contributed by atoms with van der Waals surface area (Å²) in [7, 11) is 1.64. The molecule has 0 heterocycles. The fourth-order valence-electron chi connectivity index (χ4n) is 1.34. The van der Waals surface area contributed by atoms with Crippen molar-refractivity contribution in [1.82, 2.24) is 0 Å². The third-order valence-corrected chi connectivity index (χ3v) is 2.34. The molecule has 6 nitrogen and oxygen atoms in total. The Balaban J connectivity index is 3.01. The van der Waals surface area contributed by atoms with Gasteiger partial charge in [0.05, 0.1) is 52.9 Å². The second-order valence-corrected chi connectivity index (χ2v) is 4.17. The van der Waals surface area contributed by atoms with Gasteiger partial charge in [0.1, 0.15) is 6.61 Å². The van der Waals surface area contributed by atoms with E-state index in [1.165, 1.54) is 0 Å². The minimum Gasteiger partial charge on any atom is -0.382 e. The van der Waals surface area contributed by atoms with Gasteiger partial charge >= 0.3 is 0 Å². The number of rotatable bonds is 16. The first-order chi connectivity index (χ1) is 9.81. The first kappa shape index (κ1) is 19.5. The summed E-state index contributed by atoms with van der Waals surface area (Å²) >= 11 is 0. The summed E-state index contributed by atoms with van der Waals surface area (Å²) in [5.74, 6) is 0.143. The number of hydrogen-bond donors (Lipinski definition) is 0. The van der Waals surface area contributed by atoms with E-state index in [4.69, 9.17) is 23.7 Å². The second kappa shape index (κ2) is 16.5. The molecule has 0 aliphatic rings. The van der Waals surface area contributed by atoms with E-state index in [9.17, 15) is 4.79 Å². The van der Waals surface area contributed by atoms with Crippen molar-refractivity contribution in [3.8, 4) is 0 Å². The van der Waals surface area contributed by atoms with Crippen LogP contribution in [0.25, 0.3) is 0 Å². The number of ketones is 1. The number of Topliss-reactive ketones (excluding diaryl/α,β-unsaturated/α-hetero) is 1. The van der Waals surface area contributed by atoms with E-state index in [0.717, 1.165) is 6.42 Å². The van der Waals surface area contributed by atoms with Crippen LogP contribution >= 0.6 is 0 Å². The summed E-state index contributed by atoms with van der Waals surface area (Å²) in [5.41, 5.74) is 0. The Kier molecular flexibility index (Phi) is 16.1. The van der Waals surface area contributed by atoms with Gasteiger partial charge in [-0.1, -0.05) is 6.92 Å². The molecule has 20 heavy (non-hydrogen) atoms. The van der Waals surface area contributed by atoms with Crippen molar-refractivity contribution in [2.45, 2.75) is 19.8 Å². The molecule has 0 N–H and O–H groups in total. The zero-order valence-corrected chi connectivity index (χ0v) is 12.7. The molecule has 0 radical (unpaired) electrons. The van der Waals surface area contributed by atoms with Gasteiger partial charge < -0.3 is 23.7 Å². The first-order valence-corrected chi connectivity index (χ1v) is 7.12. The third-order valence-electron chi connectivity index (χ3n) is 2.34. The molecular formula is C14H28O6. The van der Waals surface area contributed by atoms with E-state index in [-0.39, 0.29) is 12.4 Å². The van der Waals surface area contributed by atoms with Crippen molar-refractivity contribution in [2.24, 2.45) is 0 Å². The predicted molar refractivity (Wildman–Crippen MR) is 75.1 cm³/mol. The Bertz CT molecular complexity index is 210. The van der Waals surface area contributed by atoms with Crippen LogP contribution in [-0.2, 0) is 28.5 Å². The molecule has 0 amide bonds. The maximum Gasteiger partial charge on any atom is 0.158 e. The van der Waals surface area contributed by atoms with E-state index < -0.39 is 0 Å². The van der Waals surface area contributed by atoms with Crippen LogP contribution < -0.4 is 0 Å². The lowest BCUT2D eigenvalue weighted by Crippen LogP contribution is -2.14. The first-order valence-electron chi connectivity index (χ1n) is 7.12. The standard InChI is InChI=1S/C14H28O6/c1-3-4-14(15)13-20-12-11-19-10-9-18-8-7-17-6-5-16-2/h3-13H2,1-2H3. The molecular weight excluding hydrogens is 264 g/mol. The molecule has 0 aliphatic carbocycles. The Labute approximate surface area is 121 Å². The monoisotopic (exact) mass is 292 g/mol. The quantitative estimate of drug-likeness (QED) is 0.397. The molecule has 0 unspecified atom stereocenters. The van der Waals surface area contributed by atoms with E-state index in [0.29, 0.717) is 59.3 Å². The van der Waals surface area contributed by atoms with Gasteiger partial charge in [-0.25, -0.2) is 0 Å². The van der Waals surface area contributed by atoms with Crippen molar-refractivity contribution in [3.63, 3.8) is 0 Å². The highest BCUT2D eigenvalue weighted by molar-refractivity contribution is 5.79. The van der Waals surface area contributed by atoms with Gasteiger partial charge in [0.2, 0.25) is 0 Å².